The Balaban J connectivity index is 1.50. The number of benzene rings is 2. The zero-order chi connectivity index (χ0) is 20.1. The second-order valence-corrected chi connectivity index (χ2v) is 7.58. The van der Waals surface area contributed by atoms with Crippen LogP contribution in [-0.4, -0.2) is 34.3 Å². The molecule has 4 nitrogen and oxygen atoms in total. The van der Waals surface area contributed by atoms with Crippen molar-refractivity contribution in [2.24, 2.45) is 0 Å². The van der Waals surface area contributed by atoms with E-state index in [-0.39, 0.29) is 6.04 Å². The number of nitrogens with zero attached hydrogens (tertiary/aromatic N) is 2. The molecule has 5 heteroatoms. The Morgan fingerprint density at radius 2 is 1.83 bits per heavy atom. The Morgan fingerprint density at radius 3 is 2.59 bits per heavy atom. The van der Waals surface area contributed by atoms with Crippen molar-refractivity contribution in [3.8, 4) is 5.75 Å². The lowest BCUT2D eigenvalue weighted by molar-refractivity contribution is 0.285. The van der Waals surface area contributed by atoms with Gasteiger partial charge in [-0.1, -0.05) is 42.5 Å². The van der Waals surface area contributed by atoms with Gasteiger partial charge in [0.2, 0.25) is 0 Å². The van der Waals surface area contributed by atoms with E-state index in [0.717, 1.165) is 36.9 Å². The van der Waals surface area contributed by atoms with E-state index in [1.807, 2.05) is 25.1 Å². The Hall–Kier alpha value is -2.79. The first-order valence-corrected chi connectivity index (χ1v) is 10.6. The van der Waals surface area contributed by atoms with Crippen molar-refractivity contribution in [3.05, 3.63) is 89.7 Å². The lowest BCUT2D eigenvalue weighted by Crippen LogP contribution is -2.47. The second kappa shape index (κ2) is 9.14. The van der Waals surface area contributed by atoms with Gasteiger partial charge in [-0.3, -0.25) is 0 Å². The standard InChI is InChI=1S/C24H27N3OS/c1-2-28-21-12-10-20(11-13-21)23-22-9-6-16-26(22)17-18-27(23)24(29)25-15-14-19-7-4-3-5-8-19/h3-13,16,23H,2,14-15,17-18H2,1H3,(H,25,29)/t23-/m0/s1. The zero-order valence-electron chi connectivity index (χ0n) is 16.8. The molecule has 1 aliphatic rings. The fourth-order valence-corrected chi connectivity index (χ4v) is 4.22. The maximum atomic E-state index is 5.82. The van der Waals surface area contributed by atoms with Crippen LogP contribution in [0.1, 0.15) is 29.8 Å². The Morgan fingerprint density at radius 1 is 1.03 bits per heavy atom. The topological polar surface area (TPSA) is 29.4 Å². The minimum Gasteiger partial charge on any atom is -0.494 e. The van der Waals surface area contributed by atoms with E-state index in [0.29, 0.717) is 6.61 Å². The Kier molecular flexibility index (Phi) is 6.15. The number of nitrogens with one attached hydrogen (secondary N) is 1. The summed E-state index contributed by atoms with van der Waals surface area (Å²) in [6.07, 6.45) is 3.11. The van der Waals surface area contributed by atoms with Crippen molar-refractivity contribution in [2.45, 2.75) is 25.9 Å². The summed E-state index contributed by atoms with van der Waals surface area (Å²) in [6, 6.07) is 23.3. The predicted molar refractivity (Wildman–Crippen MR) is 121 cm³/mol. The van der Waals surface area contributed by atoms with Gasteiger partial charge in [0.15, 0.2) is 5.11 Å². The van der Waals surface area contributed by atoms with E-state index >= 15 is 0 Å². The summed E-state index contributed by atoms with van der Waals surface area (Å²) in [7, 11) is 0. The summed E-state index contributed by atoms with van der Waals surface area (Å²) in [5.41, 5.74) is 3.81. The fraction of sp³-hybridized carbons (Fsp3) is 0.292. The van der Waals surface area contributed by atoms with Crippen molar-refractivity contribution in [1.82, 2.24) is 14.8 Å². The molecule has 2 heterocycles. The van der Waals surface area contributed by atoms with Gasteiger partial charge in [0.05, 0.1) is 12.6 Å². The SMILES string of the molecule is CCOc1ccc([C@H]2c3cccn3CCN2C(=S)NCCc2ccccc2)cc1. The molecule has 0 amide bonds. The summed E-state index contributed by atoms with van der Waals surface area (Å²) in [4.78, 5) is 2.31. The van der Waals surface area contributed by atoms with E-state index in [9.17, 15) is 0 Å². The molecule has 0 saturated heterocycles. The zero-order valence-corrected chi connectivity index (χ0v) is 17.6. The van der Waals surface area contributed by atoms with Crippen LogP contribution in [0.25, 0.3) is 0 Å². The number of aromatic nitrogens is 1. The third kappa shape index (κ3) is 4.46. The van der Waals surface area contributed by atoms with Crippen molar-refractivity contribution in [3.63, 3.8) is 0 Å². The van der Waals surface area contributed by atoms with Crippen molar-refractivity contribution >= 4 is 17.3 Å². The average Bonchev–Trinajstić information content (AvgIpc) is 3.23. The summed E-state index contributed by atoms with van der Waals surface area (Å²) >= 11 is 5.82. The van der Waals surface area contributed by atoms with E-state index in [4.69, 9.17) is 17.0 Å². The van der Waals surface area contributed by atoms with Crippen molar-refractivity contribution in [2.75, 3.05) is 19.7 Å². The molecule has 0 bridgehead atoms. The highest BCUT2D eigenvalue weighted by atomic mass is 32.1. The molecule has 4 rings (SSSR count). The van der Waals surface area contributed by atoms with Crippen molar-refractivity contribution < 1.29 is 4.74 Å². The molecule has 2 aromatic carbocycles. The van der Waals surface area contributed by atoms with Gasteiger partial charge in [-0.2, -0.15) is 0 Å². The average molecular weight is 406 g/mol. The largest absolute Gasteiger partial charge is 0.494 e. The number of hydrogen-bond acceptors (Lipinski definition) is 2. The predicted octanol–water partition coefficient (Wildman–Crippen LogP) is 4.41. The lowest BCUT2D eigenvalue weighted by Gasteiger charge is -2.39. The van der Waals surface area contributed by atoms with Gasteiger partial charge in [0.1, 0.15) is 5.75 Å². The molecule has 29 heavy (non-hydrogen) atoms. The molecule has 3 aromatic rings. The highest BCUT2D eigenvalue weighted by Gasteiger charge is 2.30. The quantitative estimate of drug-likeness (QED) is 0.615. The molecule has 0 fully saturated rings. The van der Waals surface area contributed by atoms with Gasteiger partial charge in [0.25, 0.3) is 0 Å². The molecule has 0 saturated carbocycles. The van der Waals surface area contributed by atoms with Gasteiger partial charge in [-0.25, -0.2) is 0 Å². The Bertz CT molecular complexity index is 936. The molecular formula is C24H27N3OS. The molecule has 1 atom stereocenters. The van der Waals surface area contributed by atoms with Gasteiger partial charge in [-0.15, -0.1) is 0 Å². The summed E-state index contributed by atoms with van der Waals surface area (Å²) < 4.78 is 7.94. The van der Waals surface area contributed by atoms with E-state index in [1.165, 1.54) is 16.8 Å². The Labute approximate surface area is 178 Å². The van der Waals surface area contributed by atoms with Crippen LogP contribution in [0.3, 0.4) is 0 Å². The third-order valence-electron chi connectivity index (χ3n) is 5.34. The minimum atomic E-state index is 0.103. The number of rotatable bonds is 6. The first-order valence-electron chi connectivity index (χ1n) is 10.2. The number of thiocarbonyl (C=S) groups is 1. The maximum absolute atomic E-state index is 5.82. The monoisotopic (exact) mass is 405 g/mol. The van der Waals surface area contributed by atoms with E-state index in [2.05, 4.69) is 69.5 Å². The summed E-state index contributed by atoms with van der Waals surface area (Å²) in [5.74, 6) is 0.901. The van der Waals surface area contributed by atoms with Gasteiger partial charge in [0, 0.05) is 31.5 Å². The first kappa shape index (κ1) is 19.5. The van der Waals surface area contributed by atoms with E-state index in [1.54, 1.807) is 0 Å². The molecule has 1 aliphatic heterocycles. The molecule has 0 spiro atoms. The van der Waals surface area contributed by atoms with Crippen LogP contribution < -0.4 is 10.1 Å². The molecule has 0 unspecified atom stereocenters. The summed E-state index contributed by atoms with van der Waals surface area (Å²) in [5, 5.41) is 4.29. The fourth-order valence-electron chi connectivity index (χ4n) is 3.93. The second-order valence-electron chi connectivity index (χ2n) is 7.19. The van der Waals surface area contributed by atoms with E-state index < -0.39 is 0 Å². The number of hydrogen-bond donors (Lipinski definition) is 1. The first-order chi connectivity index (χ1) is 14.3. The minimum absolute atomic E-state index is 0.103. The maximum Gasteiger partial charge on any atom is 0.169 e. The molecule has 1 aromatic heterocycles. The van der Waals surface area contributed by atoms with Crippen molar-refractivity contribution in [1.29, 1.82) is 0 Å². The van der Waals surface area contributed by atoms with Crippen LogP contribution in [0, 0.1) is 0 Å². The lowest BCUT2D eigenvalue weighted by atomic mass is 10.00. The highest BCUT2D eigenvalue weighted by molar-refractivity contribution is 7.80. The molecular weight excluding hydrogens is 378 g/mol. The normalized spacial score (nSPS) is 15.6. The summed E-state index contributed by atoms with van der Waals surface area (Å²) in [6.45, 7) is 5.33. The number of ether oxygens (including phenoxy) is 1. The molecule has 1 N–H and O–H groups in total. The van der Waals surface area contributed by atoms with Crippen LogP contribution in [0.4, 0.5) is 0 Å². The van der Waals surface area contributed by atoms with Crippen LogP contribution >= 0.6 is 12.2 Å². The van der Waals surface area contributed by atoms with Gasteiger partial charge in [-0.05, 0) is 61.0 Å². The van der Waals surface area contributed by atoms with Gasteiger partial charge < -0.3 is 19.5 Å². The molecule has 0 aliphatic carbocycles. The highest BCUT2D eigenvalue weighted by Crippen LogP contribution is 2.33. The van der Waals surface area contributed by atoms with Crippen LogP contribution in [0.2, 0.25) is 0 Å². The van der Waals surface area contributed by atoms with Crippen LogP contribution in [0.15, 0.2) is 72.9 Å². The molecule has 150 valence electrons. The van der Waals surface area contributed by atoms with Crippen LogP contribution in [0.5, 0.6) is 5.75 Å². The third-order valence-corrected chi connectivity index (χ3v) is 5.72. The number of fused-ring (bicyclic) bond motifs is 1. The van der Waals surface area contributed by atoms with Gasteiger partial charge >= 0.3 is 0 Å². The molecule has 0 radical (unpaired) electrons. The van der Waals surface area contributed by atoms with Crippen LogP contribution in [-0.2, 0) is 13.0 Å². The smallest absolute Gasteiger partial charge is 0.169 e.